The Balaban J connectivity index is 2.16. The van der Waals surface area contributed by atoms with Crippen LogP contribution in [0, 0.1) is 5.92 Å². The molecule has 18 heavy (non-hydrogen) atoms. The standard InChI is InChI=1S/C14H29NO3/c1-4-15(9-12(2)3)10-13(16)11-18-14-5-7-17-8-6-14/h12-14,16H,4-11H2,1-3H3. The van der Waals surface area contributed by atoms with Crippen molar-refractivity contribution in [2.45, 2.75) is 45.8 Å². The zero-order valence-corrected chi connectivity index (χ0v) is 12.1. The van der Waals surface area contributed by atoms with Gasteiger partial charge >= 0.3 is 0 Å². The number of hydrogen-bond acceptors (Lipinski definition) is 4. The Morgan fingerprint density at radius 2 is 1.94 bits per heavy atom. The third-order valence-electron chi connectivity index (χ3n) is 3.23. The molecule has 108 valence electrons. The Bertz CT molecular complexity index is 205. The minimum Gasteiger partial charge on any atom is -0.389 e. The van der Waals surface area contributed by atoms with Gasteiger partial charge in [-0.1, -0.05) is 20.8 Å². The maximum Gasteiger partial charge on any atom is 0.0900 e. The summed E-state index contributed by atoms with van der Waals surface area (Å²) in [6.45, 7) is 11.3. The summed E-state index contributed by atoms with van der Waals surface area (Å²) < 4.78 is 11.0. The Kier molecular flexibility index (Phi) is 7.82. The number of likely N-dealkylation sites (N-methyl/N-ethyl adjacent to an activating group) is 1. The molecule has 1 N–H and O–H groups in total. The van der Waals surface area contributed by atoms with Crippen molar-refractivity contribution in [3.63, 3.8) is 0 Å². The van der Waals surface area contributed by atoms with Crippen LogP contribution in [0.1, 0.15) is 33.6 Å². The van der Waals surface area contributed by atoms with Crippen LogP contribution in [0.15, 0.2) is 0 Å². The maximum atomic E-state index is 10.00. The lowest BCUT2D eigenvalue weighted by molar-refractivity contribution is -0.0642. The minimum atomic E-state index is -0.383. The fraction of sp³-hybridized carbons (Fsp3) is 1.00. The summed E-state index contributed by atoms with van der Waals surface area (Å²) in [5.41, 5.74) is 0. The normalized spacial score (nSPS) is 19.7. The van der Waals surface area contributed by atoms with Gasteiger partial charge in [0.05, 0.1) is 18.8 Å². The molecule has 0 saturated carbocycles. The van der Waals surface area contributed by atoms with Crippen molar-refractivity contribution >= 4 is 0 Å². The van der Waals surface area contributed by atoms with E-state index in [0.717, 1.165) is 39.1 Å². The van der Waals surface area contributed by atoms with Gasteiger partial charge in [0.25, 0.3) is 0 Å². The van der Waals surface area contributed by atoms with Crippen molar-refractivity contribution in [2.24, 2.45) is 5.92 Å². The molecule has 1 aliphatic heterocycles. The van der Waals surface area contributed by atoms with Crippen LogP contribution in [0.25, 0.3) is 0 Å². The van der Waals surface area contributed by atoms with Crippen molar-refractivity contribution in [1.82, 2.24) is 4.90 Å². The van der Waals surface area contributed by atoms with Crippen LogP contribution in [0.3, 0.4) is 0 Å². The first kappa shape index (κ1) is 15.9. The predicted molar refractivity (Wildman–Crippen MR) is 72.8 cm³/mol. The van der Waals surface area contributed by atoms with E-state index in [2.05, 4.69) is 25.7 Å². The maximum absolute atomic E-state index is 10.00. The number of aliphatic hydroxyl groups excluding tert-OH is 1. The fourth-order valence-corrected chi connectivity index (χ4v) is 2.29. The SMILES string of the molecule is CCN(CC(C)C)CC(O)COC1CCOCC1. The molecule has 0 bridgehead atoms. The molecule has 4 heteroatoms. The van der Waals surface area contributed by atoms with Crippen molar-refractivity contribution in [2.75, 3.05) is 39.5 Å². The minimum absolute atomic E-state index is 0.272. The van der Waals surface area contributed by atoms with Crippen molar-refractivity contribution in [1.29, 1.82) is 0 Å². The van der Waals surface area contributed by atoms with Crippen LogP contribution in [0.5, 0.6) is 0 Å². The van der Waals surface area contributed by atoms with E-state index in [1.165, 1.54) is 0 Å². The molecule has 1 unspecified atom stereocenters. The highest BCUT2D eigenvalue weighted by molar-refractivity contribution is 4.67. The Hall–Kier alpha value is -0.160. The van der Waals surface area contributed by atoms with Gasteiger partial charge in [-0.05, 0) is 25.3 Å². The molecule has 1 fully saturated rings. The topological polar surface area (TPSA) is 41.9 Å². The van der Waals surface area contributed by atoms with E-state index < -0.39 is 0 Å². The first-order chi connectivity index (χ1) is 8.61. The average molecular weight is 259 g/mol. The lowest BCUT2D eigenvalue weighted by Crippen LogP contribution is -2.38. The summed E-state index contributed by atoms with van der Waals surface area (Å²) in [6, 6.07) is 0. The van der Waals surface area contributed by atoms with Crippen LogP contribution in [-0.4, -0.2) is 61.7 Å². The van der Waals surface area contributed by atoms with E-state index in [4.69, 9.17) is 9.47 Å². The second-order valence-corrected chi connectivity index (χ2v) is 5.54. The van der Waals surface area contributed by atoms with Crippen LogP contribution in [-0.2, 0) is 9.47 Å². The highest BCUT2D eigenvalue weighted by Crippen LogP contribution is 2.11. The van der Waals surface area contributed by atoms with Crippen LogP contribution in [0.2, 0.25) is 0 Å². The average Bonchev–Trinajstić information content (AvgIpc) is 2.36. The third kappa shape index (κ3) is 6.69. The Labute approximate surface area is 111 Å². The smallest absolute Gasteiger partial charge is 0.0900 e. The van der Waals surface area contributed by atoms with Crippen LogP contribution in [0.4, 0.5) is 0 Å². The summed E-state index contributed by atoms with van der Waals surface area (Å²) in [5.74, 6) is 0.633. The molecule has 0 aromatic rings. The zero-order valence-electron chi connectivity index (χ0n) is 12.1. The molecule has 0 spiro atoms. The second-order valence-electron chi connectivity index (χ2n) is 5.54. The molecule has 0 aromatic carbocycles. The Morgan fingerprint density at radius 3 is 2.50 bits per heavy atom. The molecular weight excluding hydrogens is 230 g/mol. The lowest BCUT2D eigenvalue weighted by atomic mass is 10.1. The zero-order chi connectivity index (χ0) is 13.4. The van der Waals surface area contributed by atoms with Crippen molar-refractivity contribution in [3.8, 4) is 0 Å². The summed E-state index contributed by atoms with van der Waals surface area (Å²) in [7, 11) is 0. The third-order valence-corrected chi connectivity index (χ3v) is 3.23. The largest absolute Gasteiger partial charge is 0.389 e. The van der Waals surface area contributed by atoms with E-state index >= 15 is 0 Å². The summed E-state index contributed by atoms with van der Waals surface area (Å²) >= 11 is 0. The molecule has 1 rings (SSSR count). The first-order valence-corrected chi connectivity index (χ1v) is 7.21. The molecular formula is C14H29NO3. The van der Waals surface area contributed by atoms with Crippen molar-refractivity contribution < 1.29 is 14.6 Å². The van der Waals surface area contributed by atoms with Gasteiger partial charge in [-0.2, -0.15) is 0 Å². The number of nitrogens with zero attached hydrogens (tertiary/aromatic N) is 1. The summed E-state index contributed by atoms with van der Waals surface area (Å²) in [5, 5.41) is 10.00. The van der Waals surface area contributed by atoms with Gasteiger partial charge < -0.3 is 19.5 Å². The number of ether oxygens (including phenoxy) is 2. The lowest BCUT2D eigenvalue weighted by Gasteiger charge is -2.27. The molecule has 0 aromatic heterocycles. The molecule has 0 aliphatic carbocycles. The predicted octanol–water partition coefficient (Wildman–Crippen LogP) is 1.52. The molecule has 1 heterocycles. The fourth-order valence-electron chi connectivity index (χ4n) is 2.29. The van der Waals surface area contributed by atoms with Gasteiger partial charge in [0, 0.05) is 26.3 Å². The molecule has 1 aliphatic rings. The quantitative estimate of drug-likeness (QED) is 0.717. The van der Waals surface area contributed by atoms with Gasteiger partial charge in [-0.15, -0.1) is 0 Å². The van der Waals surface area contributed by atoms with E-state index in [-0.39, 0.29) is 12.2 Å². The van der Waals surface area contributed by atoms with Gasteiger partial charge in [0.1, 0.15) is 0 Å². The molecule has 0 radical (unpaired) electrons. The molecule has 4 nitrogen and oxygen atoms in total. The van der Waals surface area contributed by atoms with Gasteiger partial charge in [0.15, 0.2) is 0 Å². The van der Waals surface area contributed by atoms with Crippen molar-refractivity contribution in [3.05, 3.63) is 0 Å². The number of rotatable bonds is 8. The highest BCUT2D eigenvalue weighted by atomic mass is 16.5. The highest BCUT2D eigenvalue weighted by Gasteiger charge is 2.17. The molecule has 0 amide bonds. The van der Waals surface area contributed by atoms with E-state index in [0.29, 0.717) is 19.1 Å². The first-order valence-electron chi connectivity index (χ1n) is 7.21. The monoisotopic (exact) mass is 259 g/mol. The van der Waals surface area contributed by atoms with Gasteiger partial charge in [-0.25, -0.2) is 0 Å². The molecule has 1 atom stereocenters. The number of aliphatic hydroxyl groups is 1. The van der Waals surface area contributed by atoms with Crippen LogP contribution >= 0.6 is 0 Å². The molecule has 1 saturated heterocycles. The summed E-state index contributed by atoms with van der Waals surface area (Å²) in [6.07, 6.45) is 1.80. The Morgan fingerprint density at radius 1 is 1.28 bits per heavy atom. The van der Waals surface area contributed by atoms with Crippen LogP contribution < -0.4 is 0 Å². The van der Waals surface area contributed by atoms with E-state index in [9.17, 15) is 5.11 Å². The van der Waals surface area contributed by atoms with E-state index in [1.807, 2.05) is 0 Å². The number of hydrogen-bond donors (Lipinski definition) is 1. The van der Waals surface area contributed by atoms with Gasteiger partial charge in [0.2, 0.25) is 0 Å². The summed E-state index contributed by atoms with van der Waals surface area (Å²) in [4.78, 5) is 2.28. The van der Waals surface area contributed by atoms with E-state index in [1.54, 1.807) is 0 Å². The van der Waals surface area contributed by atoms with Gasteiger partial charge in [-0.3, -0.25) is 0 Å². The second kappa shape index (κ2) is 8.86.